The Labute approximate surface area is 317 Å². The molecule has 0 aromatic heterocycles. The summed E-state index contributed by atoms with van der Waals surface area (Å²) in [5.74, 6) is 0. The van der Waals surface area contributed by atoms with E-state index in [1.807, 2.05) is 0 Å². The Morgan fingerprint density at radius 1 is 0.519 bits per heavy atom. The van der Waals surface area contributed by atoms with Gasteiger partial charge in [-0.3, -0.25) is 0 Å². The van der Waals surface area contributed by atoms with Gasteiger partial charge in [0, 0.05) is 0 Å². The summed E-state index contributed by atoms with van der Waals surface area (Å²) in [4.78, 5) is 0. The molecule has 0 nitrogen and oxygen atoms in total. The van der Waals surface area contributed by atoms with Crippen molar-refractivity contribution in [3.05, 3.63) is 178 Å². The summed E-state index contributed by atoms with van der Waals surface area (Å²) < 4.78 is 0.827. The molecule has 0 N–H and O–H groups in total. The van der Waals surface area contributed by atoms with Gasteiger partial charge in [-0.25, -0.2) is 0 Å². The van der Waals surface area contributed by atoms with Gasteiger partial charge in [0.15, 0.2) is 0 Å². The Kier molecular flexibility index (Phi) is 8.47. The summed E-state index contributed by atoms with van der Waals surface area (Å²) in [5, 5.41) is 4.78. The molecular weight excluding hydrogens is 751 g/mol. The van der Waals surface area contributed by atoms with Crippen molar-refractivity contribution in [3.63, 3.8) is 0 Å². The average Bonchev–Trinajstić information content (AvgIpc) is 3.74. The summed E-state index contributed by atoms with van der Waals surface area (Å²) in [5.41, 5.74) is 12.6. The minimum atomic E-state index is -5.57. The van der Waals surface area contributed by atoms with Crippen LogP contribution in [0.15, 0.2) is 133 Å². The van der Waals surface area contributed by atoms with E-state index in [0.29, 0.717) is 0 Å². The molecule has 2 aliphatic carbocycles. The quantitative estimate of drug-likeness (QED) is 0.167. The van der Waals surface area contributed by atoms with E-state index in [2.05, 4.69) is 189 Å². The van der Waals surface area contributed by atoms with Crippen LogP contribution in [0.5, 0.6) is 0 Å². The van der Waals surface area contributed by atoms with Crippen molar-refractivity contribution in [1.29, 1.82) is 0 Å². The van der Waals surface area contributed by atoms with Gasteiger partial charge in [0.25, 0.3) is 0 Å². The topological polar surface area (TPSA) is 0 Å². The molecule has 0 atom stereocenters. The third-order valence-corrected chi connectivity index (χ3v) is 31.4. The molecule has 0 heterocycles. The summed E-state index contributed by atoms with van der Waals surface area (Å²) in [6, 6.07) is 40.7. The number of hydrogen-bond acceptors (Lipinski definition) is 0. The normalized spacial score (nSPS) is 15.1. The molecule has 8 rings (SSSR count). The molecule has 262 valence electrons. The molecule has 0 unspecified atom stereocenters. The fourth-order valence-corrected chi connectivity index (χ4v) is 28.7. The average molecular weight is 799 g/mol. The van der Waals surface area contributed by atoms with Crippen molar-refractivity contribution in [2.24, 2.45) is 0 Å². The fraction of sp³-hybridized carbons (Fsp3) is 0.245. The zero-order chi connectivity index (χ0) is 36.8. The SMILES string of the molecule is Cc1cc2c(cc1C(C)(C)C)-c1cc(C(C)(C)C)c(C)cc1[CH]2[Zr]([Cl])([Cl])(=[C](c1ccc2ccccc2c1)c1ccc2ccccc2c1)[CH]1C=CC=C1. The summed E-state index contributed by atoms with van der Waals surface area (Å²) in [6.07, 6.45) is 8.88. The van der Waals surface area contributed by atoms with E-state index in [4.69, 9.17) is 17.0 Å². The standard InChI is InChI=1S/C23H29.C21H14.C5H5.2ClH.Zr/c1-14-9-16-11-17-10-15(2)21(23(6,7)8)13-19(17)18(16)12-20(14)22(3,4)5;1-3-7-20-14-16(9-11-18(20)5-1)13-17-10-12-19-6-2-4-8-21(19)15-17;1-2-4-5-3-1;;;/h9-13H,1-8H3;1-12,14-15H;1-5H;2*1H;/q;;;;;+2/p-2. The van der Waals surface area contributed by atoms with E-state index in [1.165, 1.54) is 66.1 Å². The second-order valence-corrected chi connectivity index (χ2v) is 38.1. The van der Waals surface area contributed by atoms with Crippen molar-refractivity contribution >= 4 is 41.8 Å². The first kappa shape index (κ1) is 35.7. The summed E-state index contributed by atoms with van der Waals surface area (Å²) in [7, 11) is 18.0. The van der Waals surface area contributed by atoms with Gasteiger partial charge in [-0.1, -0.05) is 0 Å². The fourth-order valence-electron chi connectivity index (χ4n) is 9.45. The molecule has 0 bridgehead atoms. The van der Waals surface area contributed by atoms with Gasteiger partial charge in [-0.05, 0) is 0 Å². The first-order chi connectivity index (χ1) is 24.5. The van der Waals surface area contributed by atoms with Crippen molar-refractivity contribution in [2.45, 2.75) is 73.5 Å². The monoisotopic (exact) mass is 796 g/mol. The summed E-state index contributed by atoms with van der Waals surface area (Å²) >= 11 is -5.57. The third kappa shape index (κ3) is 5.61. The third-order valence-electron chi connectivity index (χ3n) is 11.8. The molecule has 0 amide bonds. The van der Waals surface area contributed by atoms with Gasteiger partial charge >= 0.3 is 320 Å². The van der Waals surface area contributed by atoms with E-state index in [9.17, 15) is 0 Å². The molecule has 2 aliphatic rings. The molecule has 0 saturated heterocycles. The van der Waals surface area contributed by atoms with Gasteiger partial charge in [0.2, 0.25) is 0 Å². The second kappa shape index (κ2) is 12.3. The van der Waals surface area contributed by atoms with Crippen LogP contribution in [0.1, 0.15) is 89.7 Å². The Bertz CT molecular complexity index is 2420. The van der Waals surface area contributed by atoms with E-state index in [0.717, 1.165) is 14.3 Å². The Balaban J connectivity index is 1.59. The van der Waals surface area contributed by atoms with Crippen LogP contribution < -0.4 is 0 Å². The van der Waals surface area contributed by atoms with E-state index in [1.54, 1.807) is 0 Å². The molecule has 6 aromatic carbocycles. The number of benzene rings is 6. The van der Waals surface area contributed by atoms with Crippen LogP contribution in [0.2, 0.25) is 3.63 Å². The van der Waals surface area contributed by atoms with Crippen LogP contribution in [-0.2, 0) is 26.7 Å². The van der Waals surface area contributed by atoms with Crippen molar-refractivity contribution in [1.82, 2.24) is 0 Å². The number of halogens is 2. The van der Waals surface area contributed by atoms with E-state index < -0.39 is 15.9 Å². The molecule has 0 fully saturated rings. The molecule has 0 spiro atoms. The Morgan fingerprint density at radius 2 is 0.923 bits per heavy atom. The number of rotatable bonds is 4. The van der Waals surface area contributed by atoms with E-state index >= 15 is 0 Å². The van der Waals surface area contributed by atoms with Crippen LogP contribution in [0.3, 0.4) is 0 Å². The predicted octanol–water partition coefficient (Wildman–Crippen LogP) is 14.5. The van der Waals surface area contributed by atoms with Gasteiger partial charge < -0.3 is 0 Å². The van der Waals surface area contributed by atoms with Crippen LogP contribution in [0.4, 0.5) is 0 Å². The number of aryl methyl sites for hydroxylation is 2. The minimum absolute atomic E-state index is 0.0146. The molecule has 52 heavy (non-hydrogen) atoms. The molecule has 3 heteroatoms. The molecular formula is C49H48Cl2Zr. The maximum absolute atomic E-state index is 9.00. The Morgan fingerprint density at radius 3 is 1.33 bits per heavy atom. The second-order valence-electron chi connectivity index (χ2n) is 17.4. The van der Waals surface area contributed by atoms with Crippen LogP contribution in [0, 0.1) is 13.8 Å². The van der Waals surface area contributed by atoms with Crippen LogP contribution >= 0.6 is 17.0 Å². The number of fused-ring (bicyclic) bond motifs is 5. The first-order valence-electron chi connectivity index (χ1n) is 18.6. The van der Waals surface area contributed by atoms with Gasteiger partial charge in [0.1, 0.15) is 0 Å². The zero-order valence-corrected chi connectivity index (χ0v) is 35.6. The number of allylic oxidation sites excluding steroid dienone is 4. The van der Waals surface area contributed by atoms with Gasteiger partial charge in [-0.2, -0.15) is 0 Å². The van der Waals surface area contributed by atoms with Gasteiger partial charge in [0.05, 0.1) is 0 Å². The van der Waals surface area contributed by atoms with E-state index in [-0.39, 0.29) is 18.1 Å². The molecule has 0 saturated carbocycles. The maximum atomic E-state index is 9.00. The zero-order valence-electron chi connectivity index (χ0n) is 31.6. The predicted molar refractivity (Wildman–Crippen MR) is 225 cm³/mol. The van der Waals surface area contributed by atoms with Crippen LogP contribution in [0.25, 0.3) is 32.7 Å². The van der Waals surface area contributed by atoms with Gasteiger partial charge in [-0.15, -0.1) is 0 Å². The number of hydrogen-bond donors (Lipinski definition) is 0. The molecule has 6 aromatic rings. The first-order valence-corrected chi connectivity index (χ1v) is 29.0. The van der Waals surface area contributed by atoms with Crippen molar-refractivity contribution in [2.75, 3.05) is 0 Å². The Hall–Kier alpha value is -3.35. The molecule has 0 radical (unpaired) electrons. The molecule has 0 aliphatic heterocycles. The summed E-state index contributed by atoms with van der Waals surface area (Å²) in [6.45, 7) is 18.4. The van der Waals surface area contributed by atoms with Crippen LogP contribution in [-0.4, -0.2) is 3.21 Å². The van der Waals surface area contributed by atoms with Crippen molar-refractivity contribution in [3.8, 4) is 11.1 Å². The van der Waals surface area contributed by atoms with Crippen molar-refractivity contribution < 1.29 is 15.9 Å².